The molecule has 5 heteroatoms. The quantitative estimate of drug-likeness (QED) is 0.751. The molecule has 2 atom stereocenters. The summed E-state index contributed by atoms with van der Waals surface area (Å²) in [6, 6.07) is 0. The van der Waals surface area contributed by atoms with Crippen molar-refractivity contribution in [2.75, 3.05) is 13.1 Å². The van der Waals surface area contributed by atoms with E-state index >= 15 is 0 Å². The van der Waals surface area contributed by atoms with E-state index in [4.69, 9.17) is 10.5 Å². The highest BCUT2D eigenvalue weighted by atomic mass is 35.5. The van der Waals surface area contributed by atoms with Crippen LogP contribution < -0.4 is 5.73 Å². The van der Waals surface area contributed by atoms with E-state index in [1.54, 1.807) is 0 Å². The normalized spacial score (nSPS) is 32.6. The predicted octanol–water partition coefficient (Wildman–Crippen LogP) is 0.925. The fourth-order valence-corrected chi connectivity index (χ4v) is 2.43. The zero-order chi connectivity index (χ0) is 11.1. The van der Waals surface area contributed by atoms with E-state index in [0.29, 0.717) is 13.1 Å². The molecule has 2 rings (SSSR count). The molecule has 0 aromatic carbocycles. The van der Waals surface area contributed by atoms with Crippen LogP contribution in [0.5, 0.6) is 0 Å². The van der Waals surface area contributed by atoms with Crippen molar-refractivity contribution in [2.45, 2.75) is 50.9 Å². The average molecular weight is 249 g/mol. The number of halogens is 1. The smallest absolute Gasteiger partial charge is 0.242 e. The van der Waals surface area contributed by atoms with Gasteiger partial charge in [-0.25, -0.2) is 0 Å². The lowest BCUT2D eigenvalue weighted by Gasteiger charge is -2.44. The molecule has 0 spiro atoms. The van der Waals surface area contributed by atoms with E-state index < -0.39 is 5.54 Å². The van der Waals surface area contributed by atoms with Crippen LogP contribution in [-0.2, 0) is 9.53 Å². The largest absolute Gasteiger partial charge is 0.372 e. The molecule has 0 radical (unpaired) electrons. The Morgan fingerprint density at radius 3 is 2.19 bits per heavy atom. The molecule has 1 amide bonds. The van der Waals surface area contributed by atoms with E-state index in [-0.39, 0.29) is 30.5 Å². The Labute approximate surface area is 103 Å². The van der Waals surface area contributed by atoms with E-state index in [0.717, 1.165) is 19.3 Å². The zero-order valence-electron chi connectivity index (χ0n) is 9.94. The number of hydrogen-bond donors (Lipinski definition) is 1. The lowest BCUT2D eigenvalue weighted by molar-refractivity contribution is -0.151. The molecular formula is C11H21ClN2O2. The average Bonchev–Trinajstić information content (AvgIpc) is 2.11. The molecule has 2 N–H and O–H groups in total. The van der Waals surface area contributed by atoms with E-state index in [2.05, 4.69) is 0 Å². The van der Waals surface area contributed by atoms with Crippen LogP contribution in [0.2, 0.25) is 0 Å². The van der Waals surface area contributed by atoms with Gasteiger partial charge in [0.25, 0.3) is 0 Å². The van der Waals surface area contributed by atoms with Gasteiger partial charge in [0, 0.05) is 13.1 Å². The van der Waals surface area contributed by atoms with Crippen LogP contribution in [-0.4, -0.2) is 41.6 Å². The molecule has 94 valence electrons. The number of nitrogens with two attached hydrogens (primary N) is 1. The van der Waals surface area contributed by atoms with Crippen molar-refractivity contribution < 1.29 is 9.53 Å². The summed E-state index contributed by atoms with van der Waals surface area (Å²) in [5.74, 6) is 0.121. The molecule has 1 heterocycles. The SMILES string of the molecule is C[C@@H]1CN(C(=O)C2(N)CCC2)C[C@H](C)O1.Cl. The number of morpholine rings is 1. The Bertz CT molecular complexity index is 259. The van der Waals surface area contributed by atoms with Gasteiger partial charge in [0.05, 0.1) is 17.7 Å². The van der Waals surface area contributed by atoms with Gasteiger partial charge in [0.1, 0.15) is 0 Å². The number of hydrogen-bond acceptors (Lipinski definition) is 3. The number of rotatable bonds is 1. The van der Waals surface area contributed by atoms with Crippen LogP contribution in [0.1, 0.15) is 33.1 Å². The van der Waals surface area contributed by atoms with Gasteiger partial charge in [-0.15, -0.1) is 12.4 Å². The summed E-state index contributed by atoms with van der Waals surface area (Å²) in [4.78, 5) is 14.0. The third-order valence-corrected chi connectivity index (χ3v) is 3.38. The predicted molar refractivity (Wildman–Crippen MR) is 64.6 cm³/mol. The van der Waals surface area contributed by atoms with Gasteiger partial charge in [0.2, 0.25) is 5.91 Å². The van der Waals surface area contributed by atoms with Crippen molar-refractivity contribution >= 4 is 18.3 Å². The van der Waals surface area contributed by atoms with E-state index in [9.17, 15) is 4.79 Å². The van der Waals surface area contributed by atoms with Gasteiger partial charge < -0.3 is 15.4 Å². The molecule has 2 fully saturated rings. The Morgan fingerprint density at radius 1 is 1.31 bits per heavy atom. The van der Waals surface area contributed by atoms with Gasteiger partial charge in [-0.3, -0.25) is 4.79 Å². The lowest BCUT2D eigenvalue weighted by atomic mass is 9.76. The second kappa shape index (κ2) is 4.90. The fraction of sp³-hybridized carbons (Fsp3) is 0.909. The molecule has 1 saturated carbocycles. The molecular weight excluding hydrogens is 228 g/mol. The second-order valence-corrected chi connectivity index (χ2v) is 4.98. The van der Waals surface area contributed by atoms with Gasteiger partial charge in [-0.05, 0) is 33.1 Å². The summed E-state index contributed by atoms with van der Waals surface area (Å²) in [5.41, 5.74) is 5.48. The number of carbonyl (C=O) groups is 1. The lowest BCUT2D eigenvalue weighted by Crippen LogP contribution is -2.62. The Kier molecular flexibility index (Phi) is 4.21. The van der Waals surface area contributed by atoms with Crippen LogP contribution in [0.3, 0.4) is 0 Å². The maximum Gasteiger partial charge on any atom is 0.242 e. The van der Waals surface area contributed by atoms with Crippen LogP contribution in [0, 0.1) is 0 Å². The van der Waals surface area contributed by atoms with Gasteiger partial charge >= 0.3 is 0 Å². The Hall–Kier alpha value is -0.320. The van der Waals surface area contributed by atoms with Crippen molar-refractivity contribution in [3.63, 3.8) is 0 Å². The maximum absolute atomic E-state index is 12.1. The monoisotopic (exact) mass is 248 g/mol. The molecule has 0 aromatic heterocycles. The van der Waals surface area contributed by atoms with E-state index in [1.807, 2.05) is 18.7 Å². The first-order chi connectivity index (χ1) is 7.01. The number of carbonyl (C=O) groups excluding carboxylic acids is 1. The van der Waals surface area contributed by atoms with Crippen molar-refractivity contribution in [1.29, 1.82) is 0 Å². The molecule has 1 aliphatic heterocycles. The maximum atomic E-state index is 12.1. The topological polar surface area (TPSA) is 55.6 Å². The minimum atomic E-state index is -0.559. The van der Waals surface area contributed by atoms with Crippen molar-refractivity contribution in [2.24, 2.45) is 5.73 Å². The van der Waals surface area contributed by atoms with Crippen LogP contribution in [0.25, 0.3) is 0 Å². The summed E-state index contributed by atoms with van der Waals surface area (Å²) < 4.78 is 5.60. The minimum absolute atomic E-state index is 0. The molecule has 4 nitrogen and oxygen atoms in total. The summed E-state index contributed by atoms with van der Waals surface area (Å²) >= 11 is 0. The molecule has 0 unspecified atom stereocenters. The summed E-state index contributed by atoms with van der Waals surface area (Å²) in [7, 11) is 0. The highest BCUT2D eigenvalue weighted by Crippen LogP contribution is 2.31. The fourth-order valence-electron chi connectivity index (χ4n) is 2.43. The molecule has 1 saturated heterocycles. The molecule has 2 aliphatic rings. The third kappa shape index (κ3) is 2.50. The Balaban J connectivity index is 0.00000128. The first-order valence-corrected chi connectivity index (χ1v) is 5.75. The van der Waals surface area contributed by atoms with Gasteiger partial charge in [-0.1, -0.05) is 0 Å². The van der Waals surface area contributed by atoms with Crippen molar-refractivity contribution in [3.05, 3.63) is 0 Å². The second-order valence-electron chi connectivity index (χ2n) is 4.98. The molecule has 0 aromatic rings. The standard InChI is InChI=1S/C11H20N2O2.ClH/c1-8-6-13(7-9(2)15-8)10(14)11(12)4-3-5-11;/h8-9H,3-7,12H2,1-2H3;1H/t8-,9+;. The zero-order valence-corrected chi connectivity index (χ0v) is 10.8. The summed E-state index contributed by atoms with van der Waals surface area (Å²) in [6.45, 7) is 5.37. The summed E-state index contributed by atoms with van der Waals surface area (Å²) in [5, 5.41) is 0. The summed E-state index contributed by atoms with van der Waals surface area (Å²) in [6.07, 6.45) is 3.01. The highest BCUT2D eigenvalue weighted by Gasteiger charge is 2.44. The number of amides is 1. The molecule has 1 aliphatic carbocycles. The number of ether oxygens (including phenoxy) is 1. The highest BCUT2D eigenvalue weighted by molar-refractivity contribution is 5.87. The van der Waals surface area contributed by atoms with Gasteiger partial charge in [-0.2, -0.15) is 0 Å². The minimum Gasteiger partial charge on any atom is -0.372 e. The van der Waals surface area contributed by atoms with E-state index in [1.165, 1.54) is 0 Å². The number of nitrogens with zero attached hydrogens (tertiary/aromatic N) is 1. The van der Waals surface area contributed by atoms with Crippen LogP contribution >= 0.6 is 12.4 Å². The first kappa shape index (κ1) is 13.7. The van der Waals surface area contributed by atoms with Gasteiger partial charge in [0.15, 0.2) is 0 Å². The Morgan fingerprint density at radius 2 is 1.81 bits per heavy atom. The van der Waals surface area contributed by atoms with Crippen LogP contribution in [0.15, 0.2) is 0 Å². The van der Waals surface area contributed by atoms with Crippen LogP contribution in [0.4, 0.5) is 0 Å². The molecule has 16 heavy (non-hydrogen) atoms. The first-order valence-electron chi connectivity index (χ1n) is 5.75. The van der Waals surface area contributed by atoms with Crippen molar-refractivity contribution in [3.8, 4) is 0 Å². The van der Waals surface area contributed by atoms with Crippen molar-refractivity contribution in [1.82, 2.24) is 4.90 Å². The molecule has 0 bridgehead atoms. The third-order valence-electron chi connectivity index (χ3n) is 3.38.